The highest BCUT2D eigenvalue weighted by atomic mass is 16.5. The van der Waals surface area contributed by atoms with Crippen molar-refractivity contribution in [2.75, 3.05) is 45.5 Å². The monoisotopic (exact) mass is 523 g/mol. The molecule has 0 fully saturated rings. The Kier molecular flexibility index (Phi) is 8.89. The molecule has 0 saturated heterocycles. The van der Waals surface area contributed by atoms with Gasteiger partial charge < -0.3 is 23.5 Å². The number of nitrogens with zero attached hydrogens (tertiary/aromatic N) is 3. The largest absolute Gasteiger partial charge is 0.493 e. The van der Waals surface area contributed by atoms with Crippen molar-refractivity contribution in [3.63, 3.8) is 0 Å². The first kappa shape index (κ1) is 27.4. The minimum atomic E-state index is -1.10. The van der Waals surface area contributed by atoms with E-state index in [1.54, 1.807) is 26.0 Å². The third-order valence-electron chi connectivity index (χ3n) is 6.70. The van der Waals surface area contributed by atoms with E-state index in [1.165, 1.54) is 0 Å². The van der Waals surface area contributed by atoms with Gasteiger partial charge in [0.2, 0.25) is 11.9 Å². The molecule has 4 rings (SSSR count). The van der Waals surface area contributed by atoms with E-state index in [2.05, 4.69) is 13.8 Å². The topological polar surface area (TPSA) is 92.1 Å². The summed E-state index contributed by atoms with van der Waals surface area (Å²) in [6, 6.07) is 12.6. The fourth-order valence-electron chi connectivity index (χ4n) is 4.82. The molecule has 1 aromatic heterocycles. The summed E-state index contributed by atoms with van der Waals surface area (Å²) in [5, 5.41) is 0. The lowest BCUT2D eigenvalue weighted by Gasteiger charge is -2.38. The molecule has 0 saturated carbocycles. The number of benzene rings is 2. The Balaban J connectivity index is 1.85. The maximum absolute atomic E-state index is 14.0. The van der Waals surface area contributed by atoms with Gasteiger partial charge in [0, 0.05) is 20.3 Å². The number of esters is 1. The van der Waals surface area contributed by atoms with Crippen molar-refractivity contribution in [1.82, 2.24) is 9.55 Å². The Hall–Kier alpha value is -3.59. The Labute approximate surface area is 223 Å². The first-order valence-electron chi connectivity index (χ1n) is 13.2. The normalized spacial score (nSPS) is 17.1. The predicted molar refractivity (Wildman–Crippen MR) is 145 cm³/mol. The van der Waals surface area contributed by atoms with Gasteiger partial charge in [0.05, 0.1) is 37.4 Å². The van der Waals surface area contributed by atoms with Crippen molar-refractivity contribution in [1.29, 1.82) is 0 Å². The zero-order valence-corrected chi connectivity index (χ0v) is 22.8. The summed E-state index contributed by atoms with van der Waals surface area (Å²) in [4.78, 5) is 33.7. The number of aromatic nitrogens is 2. The number of rotatable bonds is 12. The van der Waals surface area contributed by atoms with E-state index in [4.69, 9.17) is 23.9 Å². The zero-order chi connectivity index (χ0) is 27.2. The van der Waals surface area contributed by atoms with Crippen molar-refractivity contribution in [2.24, 2.45) is 11.8 Å². The molecule has 0 bridgehead atoms. The molecule has 9 nitrogen and oxygen atoms in total. The van der Waals surface area contributed by atoms with Crippen LogP contribution in [-0.4, -0.2) is 62.0 Å². The van der Waals surface area contributed by atoms with E-state index < -0.39 is 17.9 Å². The van der Waals surface area contributed by atoms with Crippen LogP contribution >= 0.6 is 0 Å². The van der Waals surface area contributed by atoms with Gasteiger partial charge in [-0.1, -0.05) is 32.0 Å². The highest BCUT2D eigenvalue weighted by Crippen LogP contribution is 2.43. The summed E-state index contributed by atoms with van der Waals surface area (Å²) in [6.45, 7) is 7.60. The minimum absolute atomic E-state index is 0.169. The van der Waals surface area contributed by atoms with Crippen LogP contribution in [0.15, 0.2) is 42.5 Å². The molecule has 2 heterocycles. The average Bonchev–Trinajstić information content (AvgIpc) is 3.28. The van der Waals surface area contributed by atoms with Gasteiger partial charge in [0.25, 0.3) is 0 Å². The van der Waals surface area contributed by atoms with Crippen molar-refractivity contribution in [2.45, 2.75) is 39.7 Å². The van der Waals surface area contributed by atoms with E-state index in [-0.39, 0.29) is 12.5 Å². The van der Waals surface area contributed by atoms with Crippen LogP contribution in [0.3, 0.4) is 0 Å². The van der Waals surface area contributed by atoms with Gasteiger partial charge >= 0.3 is 5.97 Å². The van der Waals surface area contributed by atoms with Crippen LogP contribution in [0, 0.1) is 11.8 Å². The molecule has 0 N–H and O–H groups in total. The van der Waals surface area contributed by atoms with E-state index in [0.717, 1.165) is 23.0 Å². The summed E-state index contributed by atoms with van der Waals surface area (Å²) >= 11 is 0. The van der Waals surface area contributed by atoms with E-state index in [1.807, 2.05) is 47.0 Å². The summed E-state index contributed by atoms with van der Waals surface area (Å²) in [6.07, 6.45) is 1.51. The van der Waals surface area contributed by atoms with Crippen LogP contribution in [0.4, 0.5) is 5.95 Å². The van der Waals surface area contributed by atoms with Gasteiger partial charge in [-0.25, -0.2) is 4.98 Å². The SMILES string of the molecule is CCOC(=O)[C@@H]1C(=O)N(CCCOC)c2nc3ccccc3n2[C@@H]1c1ccc(OCCC(C)C)c(OC)c1. The smallest absolute Gasteiger partial charge is 0.321 e. The number of hydrogen-bond donors (Lipinski definition) is 0. The summed E-state index contributed by atoms with van der Waals surface area (Å²) in [5.74, 6) is 0.147. The second-order valence-corrected chi connectivity index (χ2v) is 9.72. The van der Waals surface area contributed by atoms with Crippen LogP contribution < -0.4 is 14.4 Å². The molecule has 1 aliphatic heterocycles. The van der Waals surface area contributed by atoms with E-state index in [9.17, 15) is 9.59 Å². The summed E-state index contributed by atoms with van der Waals surface area (Å²) < 4.78 is 24.3. The number of carbonyl (C=O) groups is 2. The maximum Gasteiger partial charge on any atom is 0.321 e. The van der Waals surface area contributed by atoms with Gasteiger partial charge in [-0.2, -0.15) is 0 Å². The minimum Gasteiger partial charge on any atom is -0.493 e. The third kappa shape index (κ3) is 5.48. The molecule has 0 unspecified atom stereocenters. The number of anilines is 1. The van der Waals surface area contributed by atoms with Crippen LogP contribution in [0.5, 0.6) is 11.5 Å². The summed E-state index contributed by atoms with van der Waals surface area (Å²) in [7, 11) is 3.20. The fourth-order valence-corrected chi connectivity index (χ4v) is 4.82. The number of hydrogen-bond acceptors (Lipinski definition) is 7. The van der Waals surface area contributed by atoms with Gasteiger partial charge in [0.15, 0.2) is 17.4 Å². The number of imidazole rings is 1. The number of para-hydroxylation sites is 2. The van der Waals surface area contributed by atoms with Crippen molar-refractivity contribution < 1.29 is 28.5 Å². The quantitative estimate of drug-likeness (QED) is 0.194. The number of methoxy groups -OCH3 is 2. The number of amides is 1. The molecule has 204 valence electrons. The first-order chi connectivity index (χ1) is 18.4. The second kappa shape index (κ2) is 12.3. The first-order valence-corrected chi connectivity index (χ1v) is 13.2. The third-order valence-corrected chi connectivity index (χ3v) is 6.70. The van der Waals surface area contributed by atoms with Crippen LogP contribution in [-0.2, 0) is 19.1 Å². The fraction of sp³-hybridized carbons (Fsp3) is 0.483. The van der Waals surface area contributed by atoms with E-state index in [0.29, 0.717) is 49.5 Å². The molecular formula is C29H37N3O6. The van der Waals surface area contributed by atoms with Crippen LogP contribution in [0.25, 0.3) is 11.0 Å². The lowest BCUT2D eigenvalue weighted by molar-refractivity contribution is -0.153. The van der Waals surface area contributed by atoms with Gasteiger partial charge in [0.1, 0.15) is 0 Å². The van der Waals surface area contributed by atoms with Crippen molar-refractivity contribution >= 4 is 28.9 Å². The van der Waals surface area contributed by atoms with Crippen molar-refractivity contribution in [3.8, 4) is 11.5 Å². The summed E-state index contributed by atoms with van der Waals surface area (Å²) in [5.41, 5.74) is 2.29. The van der Waals surface area contributed by atoms with Crippen LogP contribution in [0.1, 0.15) is 45.2 Å². The Morgan fingerprint density at radius 3 is 2.58 bits per heavy atom. The molecule has 38 heavy (non-hydrogen) atoms. The lowest BCUT2D eigenvalue weighted by Crippen LogP contribution is -2.50. The number of carbonyl (C=O) groups excluding carboxylic acids is 2. The van der Waals surface area contributed by atoms with Gasteiger partial charge in [-0.15, -0.1) is 0 Å². The Morgan fingerprint density at radius 1 is 1.08 bits per heavy atom. The second-order valence-electron chi connectivity index (χ2n) is 9.72. The highest BCUT2D eigenvalue weighted by Gasteiger charge is 2.47. The number of fused-ring (bicyclic) bond motifs is 3. The van der Waals surface area contributed by atoms with Crippen molar-refractivity contribution in [3.05, 3.63) is 48.0 Å². The highest BCUT2D eigenvalue weighted by molar-refractivity contribution is 6.08. The van der Waals surface area contributed by atoms with Gasteiger partial charge in [-0.3, -0.25) is 14.5 Å². The molecule has 2 atom stereocenters. The Morgan fingerprint density at radius 2 is 1.87 bits per heavy atom. The van der Waals surface area contributed by atoms with Gasteiger partial charge in [-0.05, 0) is 55.5 Å². The Bertz CT molecular complexity index is 1270. The molecule has 9 heteroatoms. The maximum atomic E-state index is 14.0. The average molecular weight is 524 g/mol. The molecule has 0 aliphatic carbocycles. The van der Waals surface area contributed by atoms with Crippen LogP contribution in [0.2, 0.25) is 0 Å². The zero-order valence-electron chi connectivity index (χ0n) is 22.8. The molecule has 2 aromatic carbocycles. The standard InChI is InChI=1S/C29H37N3O6/c1-6-37-28(34)25-26(20-12-13-23(24(18-20)36-5)38-17-14-19(2)3)32-22-11-8-7-10-21(22)30-29(32)31(27(25)33)15-9-16-35-4/h7-8,10-13,18-19,25-26H,6,9,14-17H2,1-5H3/t25-,26+/m0/s1. The molecular weight excluding hydrogens is 486 g/mol. The van der Waals surface area contributed by atoms with E-state index >= 15 is 0 Å². The molecule has 0 spiro atoms. The molecule has 1 amide bonds. The molecule has 1 aliphatic rings. The lowest BCUT2D eigenvalue weighted by atomic mass is 9.89. The molecule has 0 radical (unpaired) electrons. The molecule has 3 aromatic rings. The number of ether oxygens (including phenoxy) is 4. The predicted octanol–water partition coefficient (Wildman–Crippen LogP) is 4.62.